The maximum absolute atomic E-state index is 10.6. The molecule has 2 aliphatic heterocycles. The van der Waals surface area contributed by atoms with Gasteiger partial charge in [0.25, 0.3) is 0 Å². The highest BCUT2D eigenvalue weighted by atomic mass is 16.5. The maximum Gasteiger partial charge on any atom is 0.202 e. The zero-order valence-electron chi connectivity index (χ0n) is 8.45. The molecule has 2 aliphatic rings. The van der Waals surface area contributed by atoms with Gasteiger partial charge in [0.15, 0.2) is 0 Å². The molecule has 2 heterocycles. The first kappa shape index (κ1) is 9.70. The molecule has 0 radical (unpaired) electrons. The number of hydrogen-bond donors (Lipinski definition) is 0. The molecule has 2 atom stereocenters. The van der Waals surface area contributed by atoms with Gasteiger partial charge in [-0.25, -0.2) is 0 Å². The molecule has 2 unspecified atom stereocenters. The molecule has 2 bridgehead atoms. The lowest BCUT2D eigenvalue weighted by molar-refractivity contribution is -0.111. The highest BCUT2D eigenvalue weighted by Crippen LogP contribution is 2.25. The Kier molecular flexibility index (Phi) is 2.85. The number of ether oxygens (including phenoxy) is 1. The lowest BCUT2D eigenvalue weighted by atomic mass is 10.2. The van der Waals surface area contributed by atoms with Gasteiger partial charge in [0, 0.05) is 20.0 Å². The van der Waals surface area contributed by atoms with Gasteiger partial charge in [0.05, 0.1) is 18.8 Å². The summed E-state index contributed by atoms with van der Waals surface area (Å²) >= 11 is 0. The second kappa shape index (κ2) is 4.12. The van der Waals surface area contributed by atoms with Gasteiger partial charge in [0.1, 0.15) is 0 Å². The van der Waals surface area contributed by atoms with E-state index in [2.05, 4.69) is 16.7 Å². The maximum atomic E-state index is 10.6. The third kappa shape index (κ3) is 2.34. The highest BCUT2D eigenvalue weighted by molar-refractivity contribution is 5.93. The Labute approximate surface area is 84.4 Å². The van der Waals surface area contributed by atoms with Crippen molar-refractivity contribution >= 4 is 5.78 Å². The molecule has 0 amide bonds. The summed E-state index contributed by atoms with van der Waals surface area (Å²) in [5.74, 6) is 5.41. The van der Waals surface area contributed by atoms with E-state index in [1.807, 2.05) is 0 Å². The summed E-state index contributed by atoms with van der Waals surface area (Å²) in [6.07, 6.45) is 3.18. The first-order valence-corrected chi connectivity index (χ1v) is 5.11. The molecule has 2 rings (SSSR count). The standard InChI is InChI=1S/C11H15NO2/c1-9(13)3-2-6-12-7-10-4-5-11(8-12)14-10/h10-11H,4-8H2,1H3. The van der Waals surface area contributed by atoms with Crippen LogP contribution in [0.4, 0.5) is 0 Å². The minimum atomic E-state index is -0.0544. The van der Waals surface area contributed by atoms with Crippen LogP contribution in [0.2, 0.25) is 0 Å². The molecular weight excluding hydrogens is 178 g/mol. The van der Waals surface area contributed by atoms with Crippen LogP contribution in [0.15, 0.2) is 0 Å². The first-order valence-electron chi connectivity index (χ1n) is 5.11. The van der Waals surface area contributed by atoms with Crippen LogP contribution < -0.4 is 0 Å². The molecule has 14 heavy (non-hydrogen) atoms. The van der Waals surface area contributed by atoms with Gasteiger partial charge in [-0.2, -0.15) is 0 Å². The van der Waals surface area contributed by atoms with E-state index in [9.17, 15) is 4.79 Å². The number of ketones is 1. The zero-order valence-corrected chi connectivity index (χ0v) is 8.45. The van der Waals surface area contributed by atoms with Crippen molar-refractivity contribution in [2.24, 2.45) is 0 Å². The van der Waals surface area contributed by atoms with Gasteiger partial charge in [-0.15, -0.1) is 0 Å². The monoisotopic (exact) mass is 193 g/mol. The summed E-state index contributed by atoms with van der Waals surface area (Å²) in [6, 6.07) is 0. The summed E-state index contributed by atoms with van der Waals surface area (Å²) in [5, 5.41) is 0. The van der Waals surface area contributed by atoms with E-state index in [-0.39, 0.29) is 5.78 Å². The normalized spacial score (nSPS) is 30.9. The van der Waals surface area contributed by atoms with Gasteiger partial charge in [-0.3, -0.25) is 9.69 Å². The average Bonchev–Trinajstić information content (AvgIpc) is 2.45. The van der Waals surface area contributed by atoms with Crippen molar-refractivity contribution in [3.8, 4) is 11.8 Å². The zero-order chi connectivity index (χ0) is 9.97. The second-order valence-electron chi connectivity index (χ2n) is 4.01. The van der Waals surface area contributed by atoms with E-state index in [4.69, 9.17) is 4.74 Å². The fourth-order valence-corrected chi connectivity index (χ4v) is 2.10. The molecule has 0 aromatic carbocycles. The first-order chi connectivity index (χ1) is 6.74. The van der Waals surface area contributed by atoms with Crippen molar-refractivity contribution in [1.29, 1.82) is 0 Å². The van der Waals surface area contributed by atoms with Crippen molar-refractivity contribution in [1.82, 2.24) is 4.90 Å². The molecule has 2 fully saturated rings. The van der Waals surface area contributed by atoms with Gasteiger partial charge in [-0.05, 0) is 18.8 Å². The van der Waals surface area contributed by atoms with Crippen LogP contribution in [-0.2, 0) is 9.53 Å². The lowest BCUT2D eigenvalue weighted by Gasteiger charge is -2.30. The largest absolute Gasteiger partial charge is 0.372 e. The summed E-state index contributed by atoms with van der Waals surface area (Å²) in [4.78, 5) is 12.9. The topological polar surface area (TPSA) is 29.5 Å². The summed E-state index contributed by atoms with van der Waals surface area (Å²) in [6.45, 7) is 4.15. The van der Waals surface area contributed by atoms with Crippen LogP contribution in [0.25, 0.3) is 0 Å². The molecule has 2 saturated heterocycles. The van der Waals surface area contributed by atoms with E-state index >= 15 is 0 Å². The second-order valence-corrected chi connectivity index (χ2v) is 4.01. The number of nitrogens with zero attached hydrogens (tertiary/aromatic N) is 1. The summed E-state index contributed by atoms with van der Waals surface area (Å²) in [5.41, 5.74) is 0. The third-order valence-electron chi connectivity index (χ3n) is 2.69. The molecule has 0 aliphatic carbocycles. The Morgan fingerprint density at radius 3 is 2.64 bits per heavy atom. The van der Waals surface area contributed by atoms with Crippen LogP contribution in [-0.4, -0.2) is 42.5 Å². The molecule has 0 saturated carbocycles. The Hall–Kier alpha value is -0.850. The van der Waals surface area contributed by atoms with Crippen LogP contribution in [0.3, 0.4) is 0 Å². The van der Waals surface area contributed by atoms with Gasteiger partial charge in [0.2, 0.25) is 5.78 Å². The Morgan fingerprint density at radius 2 is 2.07 bits per heavy atom. The van der Waals surface area contributed by atoms with Crippen LogP contribution in [0.1, 0.15) is 19.8 Å². The highest BCUT2D eigenvalue weighted by Gasteiger charge is 2.32. The quantitative estimate of drug-likeness (QED) is 0.447. The number of fused-ring (bicyclic) bond motifs is 2. The van der Waals surface area contributed by atoms with Crippen molar-refractivity contribution in [2.75, 3.05) is 19.6 Å². The van der Waals surface area contributed by atoms with Crippen molar-refractivity contribution in [2.45, 2.75) is 32.0 Å². The summed E-state index contributed by atoms with van der Waals surface area (Å²) < 4.78 is 5.70. The minimum absolute atomic E-state index is 0.0544. The Balaban J connectivity index is 1.83. The molecule has 3 heteroatoms. The van der Waals surface area contributed by atoms with Crippen molar-refractivity contribution < 1.29 is 9.53 Å². The Morgan fingerprint density at radius 1 is 1.43 bits per heavy atom. The van der Waals surface area contributed by atoms with Crippen molar-refractivity contribution in [3.05, 3.63) is 0 Å². The number of Topliss-reactive ketones (excluding diaryl/α,β-unsaturated/α-hetero) is 1. The van der Waals surface area contributed by atoms with Gasteiger partial charge < -0.3 is 4.74 Å². The van der Waals surface area contributed by atoms with Crippen LogP contribution in [0, 0.1) is 11.8 Å². The molecule has 0 spiro atoms. The van der Waals surface area contributed by atoms with Gasteiger partial charge >= 0.3 is 0 Å². The fraction of sp³-hybridized carbons (Fsp3) is 0.727. The number of carbonyl (C=O) groups excluding carboxylic acids is 1. The van der Waals surface area contributed by atoms with Crippen LogP contribution >= 0.6 is 0 Å². The van der Waals surface area contributed by atoms with Gasteiger partial charge in [-0.1, -0.05) is 5.92 Å². The number of likely N-dealkylation sites (tertiary alicyclic amines) is 1. The summed E-state index contributed by atoms with van der Waals surface area (Å²) in [7, 11) is 0. The predicted molar refractivity (Wildman–Crippen MR) is 52.8 cm³/mol. The predicted octanol–water partition coefficient (Wildman–Crippen LogP) is 0.442. The molecular formula is C11H15NO2. The van der Waals surface area contributed by atoms with E-state index in [1.54, 1.807) is 0 Å². The molecule has 3 nitrogen and oxygen atoms in total. The van der Waals surface area contributed by atoms with E-state index in [1.165, 1.54) is 19.8 Å². The van der Waals surface area contributed by atoms with Crippen LogP contribution in [0.5, 0.6) is 0 Å². The van der Waals surface area contributed by atoms with E-state index in [0.717, 1.165) is 13.1 Å². The minimum Gasteiger partial charge on any atom is -0.372 e. The smallest absolute Gasteiger partial charge is 0.202 e. The lowest BCUT2D eigenvalue weighted by Crippen LogP contribution is -2.42. The average molecular weight is 193 g/mol. The third-order valence-corrected chi connectivity index (χ3v) is 2.69. The number of rotatable bonds is 1. The number of morpholine rings is 1. The van der Waals surface area contributed by atoms with E-state index in [0.29, 0.717) is 18.8 Å². The molecule has 76 valence electrons. The molecule has 0 aromatic heterocycles. The number of hydrogen-bond acceptors (Lipinski definition) is 3. The molecule has 0 N–H and O–H groups in total. The fourth-order valence-electron chi connectivity index (χ4n) is 2.10. The van der Waals surface area contributed by atoms with Crippen molar-refractivity contribution in [3.63, 3.8) is 0 Å². The Bertz CT molecular complexity index is 277. The number of carbonyl (C=O) groups is 1. The van der Waals surface area contributed by atoms with E-state index < -0.39 is 0 Å². The molecule has 0 aromatic rings. The SMILES string of the molecule is CC(=O)C#CCN1CC2CCC(C1)O2.